The number of benzene rings is 1. The summed E-state index contributed by atoms with van der Waals surface area (Å²) in [4.78, 5) is 34.0. The van der Waals surface area contributed by atoms with Crippen molar-refractivity contribution in [3.05, 3.63) is 42.2 Å². The van der Waals surface area contributed by atoms with Crippen LogP contribution < -0.4 is 10.6 Å². The highest BCUT2D eigenvalue weighted by molar-refractivity contribution is 5.91. The minimum absolute atomic E-state index is 0.0923. The summed E-state index contributed by atoms with van der Waals surface area (Å²) >= 11 is 0. The normalized spacial score (nSPS) is 28.4. The number of hydrogen-bond acceptors (Lipinski definition) is 4. The van der Waals surface area contributed by atoms with Crippen molar-refractivity contribution in [2.24, 2.45) is 23.2 Å². The Morgan fingerprint density at radius 3 is 2.26 bits per heavy atom. The van der Waals surface area contributed by atoms with Crippen molar-refractivity contribution < 1.29 is 9.59 Å². The van der Waals surface area contributed by atoms with Crippen LogP contribution in [-0.2, 0) is 9.59 Å². The third-order valence-corrected chi connectivity index (χ3v) is 7.38. The van der Waals surface area contributed by atoms with E-state index in [1.165, 1.54) is 19.3 Å². The van der Waals surface area contributed by atoms with Crippen LogP contribution in [0.3, 0.4) is 0 Å². The summed E-state index contributed by atoms with van der Waals surface area (Å²) in [5.74, 6) is 2.99. The first-order chi connectivity index (χ1) is 15.0. The zero-order valence-corrected chi connectivity index (χ0v) is 18.1. The Morgan fingerprint density at radius 1 is 1.00 bits per heavy atom. The Hall–Kier alpha value is -2.76. The molecule has 0 unspecified atom stereocenters. The molecule has 1 aromatic heterocycles. The Bertz CT molecular complexity index is 950. The molecule has 162 valence electrons. The van der Waals surface area contributed by atoms with Crippen LogP contribution in [0.1, 0.15) is 50.6 Å². The van der Waals surface area contributed by atoms with Crippen molar-refractivity contribution in [3.63, 3.8) is 0 Å². The van der Waals surface area contributed by atoms with Crippen LogP contribution in [0.15, 0.2) is 36.5 Å². The topological polar surface area (TPSA) is 84.0 Å². The number of amides is 2. The lowest BCUT2D eigenvalue weighted by atomic mass is 9.49. The van der Waals surface area contributed by atoms with Crippen LogP contribution >= 0.6 is 0 Å². The maximum Gasteiger partial charge on any atom is 0.226 e. The van der Waals surface area contributed by atoms with E-state index < -0.39 is 0 Å². The number of aryl methyl sites for hydroxylation is 1. The van der Waals surface area contributed by atoms with Gasteiger partial charge in [0, 0.05) is 41.5 Å². The average molecular weight is 419 g/mol. The van der Waals surface area contributed by atoms with Crippen LogP contribution in [0.4, 0.5) is 5.69 Å². The van der Waals surface area contributed by atoms with Crippen molar-refractivity contribution in [2.75, 3.05) is 11.9 Å². The number of aromatic nitrogens is 2. The fraction of sp³-hybridized carbons (Fsp3) is 0.520. The number of carbonyl (C=O) groups excluding carboxylic acids is 2. The van der Waals surface area contributed by atoms with Crippen molar-refractivity contribution in [1.29, 1.82) is 0 Å². The standard InChI is InChI=1S/C25H30N4O2/c1-16-6-8-26-23(28-16)20-2-4-21(5-3-20)29-22(30)7-9-27-24(31)25-13-17-10-18(14-25)12-19(11-17)15-25/h2-6,8,17-19H,7,9-15H2,1H3,(H,27,31)(H,29,30). The van der Waals surface area contributed by atoms with E-state index in [4.69, 9.17) is 0 Å². The van der Waals surface area contributed by atoms with Gasteiger partial charge in [-0.2, -0.15) is 0 Å². The largest absolute Gasteiger partial charge is 0.355 e. The van der Waals surface area contributed by atoms with E-state index >= 15 is 0 Å². The van der Waals surface area contributed by atoms with Gasteiger partial charge >= 0.3 is 0 Å². The molecular formula is C25H30N4O2. The minimum Gasteiger partial charge on any atom is -0.355 e. The van der Waals surface area contributed by atoms with Crippen LogP contribution in [0.2, 0.25) is 0 Å². The van der Waals surface area contributed by atoms with Crippen molar-refractivity contribution in [2.45, 2.75) is 51.9 Å². The van der Waals surface area contributed by atoms with Gasteiger partial charge in [0.2, 0.25) is 11.8 Å². The number of nitrogens with zero attached hydrogens (tertiary/aromatic N) is 2. The monoisotopic (exact) mass is 418 g/mol. The van der Waals surface area contributed by atoms with Gasteiger partial charge in [0.25, 0.3) is 0 Å². The highest BCUT2D eigenvalue weighted by atomic mass is 16.2. The minimum atomic E-state index is -0.154. The SMILES string of the molecule is Cc1ccnc(-c2ccc(NC(=O)CCNC(=O)C34CC5CC(CC(C5)C3)C4)cc2)n1. The van der Waals surface area contributed by atoms with Crippen molar-refractivity contribution in [1.82, 2.24) is 15.3 Å². The average Bonchev–Trinajstić information content (AvgIpc) is 2.73. The lowest BCUT2D eigenvalue weighted by molar-refractivity contribution is -0.146. The Kier molecular flexibility index (Phi) is 5.24. The summed E-state index contributed by atoms with van der Waals surface area (Å²) in [6.45, 7) is 2.32. The molecule has 0 atom stereocenters. The van der Waals surface area contributed by atoms with Crippen LogP contribution in [0.25, 0.3) is 11.4 Å². The van der Waals surface area contributed by atoms with Crippen LogP contribution in [0.5, 0.6) is 0 Å². The molecule has 6 nitrogen and oxygen atoms in total. The number of nitrogens with one attached hydrogen (secondary N) is 2. The van der Waals surface area contributed by atoms with Gasteiger partial charge in [-0.1, -0.05) is 0 Å². The second kappa shape index (κ2) is 8.06. The molecule has 2 N–H and O–H groups in total. The number of anilines is 1. The molecule has 6 rings (SSSR count). The fourth-order valence-electron chi connectivity index (χ4n) is 6.38. The van der Waals surface area contributed by atoms with Gasteiger partial charge in [-0.15, -0.1) is 0 Å². The summed E-state index contributed by atoms with van der Waals surface area (Å²) in [5, 5.41) is 5.99. The lowest BCUT2D eigenvalue weighted by Gasteiger charge is -2.55. The van der Waals surface area contributed by atoms with E-state index in [0.717, 1.165) is 54.0 Å². The molecule has 0 radical (unpaired) electrons. The highest BCUT2D eigenvalue weighted by Crippen LogP contribution is 2.60. The molecule has 0 saturated heterocycles. The summed E-state index contributed by atoms with van der Waals surface area (Å²) in [6, 6.07) is 9.37. The van der Waals surface area contributed by atoms with Gasteiger partial charge in [0.05, 0.1) is 0 Å². The van der Waals surface area contributed by atoms with Crippen LogP contribution in [0, 0.1) is 30.1 Å². The summed E-state index contributed by atoms with van der Waals surface area (Å²) in [6.07, 6.45) is 9.14. The van der Waals surface area contributed by atoms with Gasteiger partial charge in [0.1, 0.15) is 0 Å². The molecule has 2 amide bonds. The Balaban J connectivity index is 1.11. The number of hydrogen-bond donors (Lipinski definition) is 2. The number of rotatable bonds is 6. The summed E-state index contributed by atoms with van der Waals surface area (Å²) < 4.78 is 0. The molecule has 2 aromatic rings. The first-order valence-electron chi connectivity index (χ1n) is 11.5. The molecule has 1 aromatic carbocycles. The first kappa shape index (κ1) is 20.2. The molecule has 4 aliphatic carbocycles. The van der Waals surface area contributed by atoms with Crippen molar-refractivity contribution >= 4 is 17.5 Å². The Morgan fingerprint density at radius 2 is 1.65 bits per heavy atom. The highest BCUT2D eigenvalue weighted by Gasteiger charge is 2.54. The first-order valence-corrected chi connectivity index (χ1v) is 11.5. The van der Waals surface area contributed by atoms with E-state index in [9.17, 15) is 9.59 Å². The van der Waals surface area contributed by atoms with Gasteiger partial charge in [0.15, 0.2) is 5.82 Å². The van der Waals surface area contributed by atoms with E-state index in [0.29, 0.717) is 12.4 Å². The van der Waals surface area contributed by atoms with Gasteiger partial charge < -0.3 is 10.6 Å². The van der Waals surface area contributed by atoms with Gasteiger partial charge in [-0.05, 0) is 93.5 Å². The molecule has 0 aliphatic heterocycles. The second-order valence-corrected chi connectivity index (χ2v) is 9.85. The predicted octanol–water partition coefficient (Wildman–Crippen LogP) is 4.11. The molecule has 4 bridgehead atoms. The molecule has 1 heterocycles. The maximum atomic E-state index is 13.0. The second-order valence-electron chi connectivity index (χ2n) is 9.85. The fourth-order valence-corrected chi connectivity index (χ4v) is 6.38. The van der Waals surface area contributed by atoms with Crippen molar-refractivity contribution in [3.8, 4) is 11.4 Å². The van der Waals surface area contributed by atoms with E-state index in [-0.39, 0.29) is 23.7 Å². The summed E-state index contributed by atoms with van der Waals surface area (Å²) in [5.41, 5.74) is 2.40. The molecule has 4 saturated carbocycles. The number of carbonyl (C=O) groups is 2. The van der Waals surface area contributed by atoms with E-state index in [1.807, 2.05) is 37.3 Å². The lowest BCUT2D eigenvalue weighted by Crippen LogP contribution is -2.53. The predicted molar refractivity (Wildman–Crippen MR) is 119 cm³/mol. The van der Waals surface area contributed by atoms with Gasteiger partial charge in [-0.3, -0.25) is 9.59 Å². The zero-order chi connectivity index (χ0) is 21.4. The van der Waals surface area contributed by atoms with E-state index in [1.54, 1.807) is 6.20 Å². The smallest absolute Gasteiger partial charge is 0.226 e. The maximum absolute atomic E-state index is 13.0. The molecule has 0 spiro atoms. The molecule has 4 aliphatic rings. The molecule has 31 heavy (non-hydrogen) atoms. The molecular weight excluding hydrogens is 388 g/mol. The third-order valence-electron chi connectivity index (χ3n) is 7.38. The molecule has 6 heteroatoms. The van der Waals surface area contributed by atoms with Gasteiger partial charge in [-0.25, -0.2) is 9.97 Å². The zero-order valence-electron chi connectivity index (χ0n) is 18.1. The summed E-state index contributed by atoms with van der Waals surface area (Å²) in [7, 11) is 0. The molecule has 4 fully saturated rings. The van der Waals surface area contributed by atoms with Crippen LogP contribution in [-0.4, -0.2) is 28.3 Å². The Labute approximate surface area is 183 Å². The van der Waals surface area contributed by atoms with E-state index in [2.05, 4.69) is 20.6 Å². The third kappa shape index (κ3) is 4.21. The quantitative estimate of drug-likeness (QED) is 0.739.